The summed E-state index contributed by atoms with van der Waals surface area (Å²) >= 11 is 0. The molecule has 1 aromatic heterocycles. The number of carbonyl (C=O) groups is 1. The van der Waals surface area contributed by atoms with Crippen LogP contribution in [0.3, 0.4) is 0 Å². The summed E-state index contributed by atoms with van der Waals surface area (Å²) in [6, 6.07) is 4.42. The van der Waals surface area contributed by atoms with Crippen molar-refractivity contribution in [3.8, 4) is 0 Å². The van der Waals surface area contributed by atoms with Crippen LogP contribution in [0.5, 0.6) is 0 Å². The molecule has 3 fully saturated rings. The highest BCUT2D eigenvalue weighted by molar-refractivity contribution is 14.0. The Balaban J connectivity index is 0.00000306. The Morgan fingerprint density at radius 3 is 2.79 bits per heavy atom. The first-order valence-corrected chi connectivity index (χ1v) is 12.2. The summed E-state index contributed by atoms with van der Waals surface area (Å²) in [7, 11) is 1.79. The Bertz CT molecular complexity index is 801. The minimum absolute atomic E-state index is 0. The third-order valence-electron chi connectivity index (χ3n) is 6.85. The van der Waals surface area contributed by atoms with Crippen LogP contribution in [-0.2, 0) is 16.1 Å². The molecule has 2 saturated heterocycles. The normalized spacial score (nSPS) is 24.4. The molecule has 33 heavy (non-hydrogen) atoms. The second kappa shape index (κ2) is 12.7. The van der Waals surface area contributed by atoms with E-state index in [0.717, 1.165) is 69.4 Å². The number of amides is 1. The fourth-order valence-corrected chi connectivity index (χ4v) is 5.03. The maximum absolute atomic E-state index is 12.8. The Labute approximate surface area is 215 Å². The smallest absolute Gasteiger partial charge is 0.225 e. The monoisotopic (exact) mass is 570 g/mol. The van der Waals surface area contributed by atoms with Crippen LogP contribution < -0.4 is 15.5 Å². The average molecular weight is 571 g/mol. The molecule has 0 bridgehead atoms. The van der Waals surface area contributed by atoms with Crippen molar-refractivity contribution < 1.29 is 9.53 Å². The minimum Gasteiger partial charge on any atom is -0.375 e. The number of carbonyl (C=O) groups excluding carboxylic acids is 1. The van der Waals surface area contributed by atoms with Crippen molar-refractivity contribution >= 4 is 41.7 Å². The van der Waals surface area contributed by atoms with Gasteiger partial charge in [0.25, 0.3) is 0 Å². The lowest BCUT2D eigenvalue weighted by Crippen LogP contribution is -2.45. The number of hydrogen-bond acceptors (Lipinski definition) is 5. The van der Waals surface area contributed by atoms with Crippen LogP contribution in [0.2, 0.25) is 0 Å². The van der Waals surface area contributed by atoms with Gasteiger partial charge in [-0.25, -0.2) is 4.98 Å². The first kappa shape index (κ1) is 26.0. The van der Waals surface area contributed by atoms with E-state index in [-0.39, 0.29) is 42.0 Å². The van der Waals surface area contributed by atoms with Gasteiger partial charge in [0, 0.05) is 57.9 Å². The fourth-order valence-electron chi connectivity index (χ4n) is 5.03. The summed E-state index contributed by atoms with van der Waals surface area (Å²) in [5.74, 6) is 2.38. The lowest BCUT2D eigenvalue weighted by atomic mass is 9.88. The lowest BCUT2D eigenvalue weighted by molar-refractivity contribution is -0.135. The van der Waals surface area contributed by atoms with Crippen LogP contribution >= 0.6 is 24.0 Å². The van der Waals surface area contributed by atoms with Crippen LogP contribution in [0.1, 0.15) is 51.0 Å². The van der Waals surface area contributed by atoms with E-state index in [1.807, 2.05) is 12.3 Å². The summed E-state index contributed by atoms with van der Waals surface area (Å²) in [5, 5.41) is 6.93. The van der Waals surface area contributed by atoms with Gasteiger partial charge in [-0.1, -0.05) is 19.3 Å². The quantitative estimate of drug-likeness (QED) is 0.322. The van der Waals surface area contributed by atoms with Gasteiger partial charge in [0.1, 0.15) is 5.82 Å². The first-order chi connectivity index (χ1) is 15.6. The molecule has 2 atom stereocenters. The van der Waals surface area contributed by atoms with Gasteiger partial charge in [0.2, 0.25) is 5.91 Å². The molecule has 2 N–H and O–H groups in total. The van der Waals surface area contributed by atoms with Crippen molar-refractivity contribution in [1.82, 2.24) is 20.5 Å². The number of ether oxygens (including phenoxy) is 1. The molecule has 1 amide bonds. The van der Waals surface area contributed by atoms with Crippen LogP contribution in [0.4, 0.5) is 5.82 Å². The lowest BCUT2D eigenvalue weighted by Gasteiger charge is -2.32. The van der Waals surface area contributed by atoms with Gasteiger partial charge in [-0.05, 0) is 43.9 Å². The predicted molar refractivity (Wildman–Crippen MR) is 142 cm³/mol. The molecule has 4 rings (SSSR count). The van der Waals surface area contributed by atoms with Crippen molar-refractivity contribution in [2.75, 3.05) is 44.7 Å². The van der Waals surface area contributed by atoms with Gasteiger partial charge in [-0.3, -0.25) is 9.79 Å². The third kappa shape index (κ3) is 7.18. The molecular weight excluding hydrogens is 531 g/mol. The van der Waals surface area contributed by atoms with E-state index in [9.17, 15) is 4.79 Å². The Hall–Kier alpha value is -1.62. The number of anilines is 1. The number of pyridine rings is 1. The zero-order valence-electron chi connectivity index (χ0n) is 20.0. The second-order valence-corrected chi connectivity index (χ2v) is 9.32. The molecular formula is C24H39IN6O2. The number of guanidine groups is 1. The van der Waals surface area contributed by atoms with Crippen molar-refractivity contribution in [3.63, 3.8) is 0 Å². The zero-order chi connectivity index (χ0) is 22.3. The van der Waals surface area contributed by atoms with Crippen LogP contribution in [0.25, 0.3) is 0 Å². The molecule has 0 aromatic carbocycles. The molecule has 1 aromatic rings. The highest BCUT2D eigenvalue weighted by Crippen LogP contribution is 2.26. The third-order valence-corrected chi connectivity index (χ3v) is 6.85. The van der Waals surface area contributed by atoms with Crippen LogP contribution in [-0.4, -0.2) is 73.7 Å². The van der Waals surface area contributed by atoms with E-state index in [4.69, 9.17) is 4.74 Å². The molecule has 8 nitrogen and oxygen atoms in total. The molecule has 0 radical (unpaired) electrons. The van der Waals surface area contributed by atoms with Gasteiger partial charge < -0.3 is 25.2 Å². The van der Waals surface area contributed by atoms with Gasteiger partial charge in [-0.2, -0.15) is 0 Å². The maximum Gasteiger partial charge on any atom is 0.225 e. The molecule has 1 saturated carbocycles. The number of morpholine rings is 1. The van der Waals surface area contributed by atoms with Gasteiger partial charge in [0.05, 0.1) is 12.7 Å². The van der Waals surface area contributed by atoms with E-state index in [2.05, 4.69) is 43.4 Å². The van der Waals surface area contributed by atoms with Gasteiger partial charge in [-0.15, -0.1) is 24.0 Å². The molecule has 1 aliphatic carbocycles. The molecule has 0 spiro atoms. The van der Waals surface area contributed by atoms with Crippen LogP contribution in [0, 0.1) is 5.92 Å². The fraction of sp³-hybridized carbons (Fsp3) is 0.708. The van der Waals surface area contributed by atoms with Crippen molar-refractivity contribution in [2.45, 2.75) is 64.1 Å². The number of hydrogen-bond donors (Lipinski definition) is 2. The molecule has 184 valence electrons. The van der Waals surface area contributed by atoms with Crippen molar-refractivity contribution in [2.24, 2.45) is 10.9 Å². The molecule has 2 unspecified atom stereocenters. The van der Waals surface area contributed by atoms with Crippen LogP contribution in [0.15, 0.2) is 23.3 Å². The number of nitrogens with zero attached hydrogens (tertiary/aromatic N) is 4. The maximum atomic E-state index is 12.8. The molecule has 2 aliphatic heterocycles. The largest absolute Gasteiger partial charge is 0.375 e. The Morgan fingerprint density at radius 1 is 1.21 bits per heavy atom. The summed E-state index contributed by atoms with van der Waals surface area (Å²) in [5.41, 5.74) is 1.16. The number of likely N-dealkylation sites (tertiary alicyclic amines) is 1. The first-order valence-electron chi connectivity index (χ1n) is 12.2. The summed E-state index contributed by atoms with van der Waals surface area (Å²) in [6.07, 6.45) is 8.87. The average Bonchev–Trinajstić information content (AvgIpc) is 3.30. The minimum atomic E-state index is 0. The Morgan fingerprint density at radius 2 is 2.03 bits per heavy atom. The van der Waals surface area contributed by atoms with Gasteiger partial charge in [0.15, 0.2) is 5.96 Å². The van der Waals surface area contributed by atoms with E-state index in [1.165, 1.54) is 19.3 Å². The SMILES string of the molecule is CN=C(NCc1ccnc(N2CCOC(C)C2)c1)NC1CCN(C(=O)C2CCCCC2)C1.I. The number of aromatic nitrogens is 1. The Kier molecular flexibility index (Phi) is 10.0. The van der Waals surface area contributed by atoms with E-state index >= 15 is 0 Å². The molecule has 3 heterocycles. The highest BCUT2D eigenvalue weighted by Gasteiger charge is 2.31. The number of aliphatic imine (C=N–C) groups is 1. The van der Waals surface area contributed by atoms with E-state index in [1.54, 1.807) is 7.05 Å². The van der Waals surface area contributed by atoms with E-state index < -0.39 is 0 Å². The summed E-state index contributed by atoms with van der Waals surface area (Å²) in [4.78, 5) is 26.1. The van der Waals surface area contributed by atoms with E-state index in [0.29, 0.717) is 12.5 Å². The number of halogens is 1. The summed E-state index contributed by atoms with van der Waals surface area (Å²) in [6.45, 7) is 6.86. The second-order valence-electron chi connectivity index (χ2n) is 9.32. The number of nitrogens with one attached hydrogen (secondary N) is 2. The topological polar surface area (TPSA) is 82.1 Å². The van der Waals surface area contributed by atoms with Crippen molar-refractivity contribution in [3.05, 3.63) is 23.9 Å². The predicted octanol–water partition coefficient (Wildman–Crippen LogP) is 2.77. The van der Waals surface area contributed by atoms with Gasteiger partial charge >= 0.3 is 0 Å². The molecule has 3 aliphatic rings. The zero-order valence-corrected chi connectivity index (χ0v) is 22.3. The summed E-state index contributed by atoms with van der Waals surface area (Å²) < 4.78 is 5.64. The standard InChI is InChI=1S/C24H38N6O2.HI/c1-18-16-29(12-13-32-18)22-14-19(8-10-26-22)15-27-24(25-2)28-21-9-11-30(17-21)23(31)20-6-4-3-5-7-20;/h8,10,14,18,20-21H,3-7,9,11-13,15-17H2,1-2H3,(H2,25,27,28);1H. The molecule has 9 heteroatoms. The number of rotatable bonds is 5. The highest BCUT2D eigenvalue weighted by atomic mass is 127. The van der Waals surface area contributed by atoms with Crippen molar-refractivity contribution in [1.29, 1.82) is 0 Å².